The second-order valence-electron chi connectivity index (χ2n) is 7.03. The highest BCUT2D eigenvalue weighted by Gasteiger charge is 2.24. The van der Waals surface area contributed by atoms with Crippen LogP contribution in [0.25, 0.3) is 6.08 Å². The number of cyclic esters (lactones) is 1. The minimum absolute atomic E-state index is 0.218. The van der Waals surface area contributed by atoms with E-state index in [2.05, 4.69) is 43.5 Å². The van der Waals surface area contributed by atoms with Crippen molar-refractivity contribution < 1.29 is 19.0 Å². The summed E-state index contributed by atoms with van der Waals surface area (Å²) in [6, 6.07) is 18.7. The molecule has 1 aliphatic rings. The van der Waals surface area contributed by atoms with E-state index in [1.807, 2.05) is 67.6 Å². The number of halogens is 3. The summed E-state index contributed by atoms with van der Waals surface area (Å²) in [4.78, 5) is 16.8. The molecule has 0 saturated heterocycles. The molecule has 8 heteroatoms. The van der Waals surface area contributed by atoms with Gasteiger partial charge in [-0.15, -0.1) is 0 Å². The maximum absolute atomic E-state index is 12.4. The van der Waals surface area contributed by atoms with E-state index in [9.17, 15) is 4.79 Å². The fraction of sp³-hybridized carbons (Fsp3) is 0.120. The molecule has 1 heterocycles. The van der Waals surface area contributed by atoms with Gasteiger partial charge >= 0.3 is 5.97 Å². The Hall–Kier alpha value is -2.36. The Bertz CT molecular complexity index is 1280. The first-order valence-corrected chi connectivity index (χ1v) is 12.3. The fourth-order valence-electron chi connectivity index (χ4n) is 3.17. The van der Waals surface area contributed by atoms with E-state index in [0.29, 0.717) is 29.7 Å². The summed E-state index contributed by atoms with van der Waals surface area (Å²) >= 11 is 11.7. The summed E-state index contributed by atoms with van der Waals surface area (Å²) in [6.07, 6.45) is 1.68. The maximum Gasteiger partial charge on any atom is 0.363 e. The molecule has 3 aromatic rings. The van der Waals surface area contributed by atoms with Crippen LogP contribution in [-0.2, 0) is 16.1 Å². The van der Waals surface area contributed by atoms with Gasteiger partial charge in [0.05, 0.1) is 10.2 Å². The van der Waals surface area contributed by atoms with Gasteiger partial charge in [0.2, 0.25) is 5.90 Å². The SMILES string of the molecule is CCOc1cc(/C=C2\N=C(c3cccc(Br)c3)OC2=O)cc(I)c1OCc1cccc(Cl)c1. The van der Waals surface area contributed by atoms with Crippen molar-refractivity contribution in [2.45, 2.75) is 13.5 Å². The molecule has 0 amide bonds. The van der Waals surface area contributed by atoms with Gasteiger partial charge in [-0.25, -0.2) is 9.79 Å². The number of benzene rings is 3. The zero-order valence-corrected chi connectivity index (χ0v) is 22.0. The Kier molecular flexibility index (Phi) is 7.72. The molecule has 5 nitrogen and oxygen atoms in total. The number of carbonyl (C=O) groups is 1. The van der Waals surface area contributed by atoms with Gasteiger partial charge in [0, 0.05) is 15.1 Å². The molecule has 1 aliphatic heterocycles. The zero-order chi connectivity index (χ0) is 23.4. The van der Waals surface area contributed by atoms with Crippen molar-refractivity contribution in [3.8, 4) is 11.5 Å². The number of hydrogen-bond acceptors (Lipinski definition) is 5. The monoisotopic (exact) mass is 637 g/mol. The lowest BCUT2D eigenvalue weighted by Crippen LogP contribution is -2.05. The summed E-state index contributed by atoms with van der Waals surface area (Å²) in [5.41, 5.74) is 2.64. The van der Waals surface area contributed by atoms with Crippen molar-refractivity contribution in [2.24, 2.45) is 4.99 Å². The van der Waals surface area contributed by atoms with Crippen LogP contribution in [0, 0.1) is 3.57 Å². The number of esters is 1. The van der Waals surface area contributed by atoms with Crippen molar-refractivity contribution in [1.82, 2.24) is 0 Å². The van der Waals surface area contributed by atoms with Gasteiger partial charge in [-0.3, -0.25) is 0 Å². The minimum Gasteiger partial charge on any atom is -0.490 e. The first kappa shape index (κ1) is 23.8. The Morgan fingerprint density at radius 3 is 2.70 bits per heavy atom. The van der Waals surface area contributed by atoms with Crippen molar-refractivity contribution >= 4 is 68.1 Å². The van der Waals surface area contributed by atoms with Crippen LogP contribution in [0.3, 0.4) is 0 Å². The first-order valence-electron chi connectivity index (χ1n) is 10.0. The molecule has 0 saturated carbocycles. The molecule has 0 N–H and O–H groups in total. The van der Waals surface area contributed by atoms with Crippen LogP contribution >= 0.6 is 50.1 Å². The molecule has 0 aliphatic carbocycles. The van der Waals surface area contributed by atoms with E-state index in [4.69, 9.17) is 25.8 Å². The minimum atomic E-state index is -0.501. The molecule has 0 fully saturated rings. The Balaban J connectivity index is 1.61. The molecule has 0 unspecified atom stereocenters. The summed E-state index contributed by atoms with van der Waals surface area (Å²) in [5.74, 6) is 0.987. The van der Waals surface area contributed by atoms with E-state index < -0.39 is 5.97 Å². The van der Waals surface area contributed by atoms with Crippen molar-refractivity contribution in [3.63, 3.8) is 0 Å². The lowest BCUT2D eigenvalue weighted by atomic mass is 10.1. The molecule has 33 heavy (non-hydrogen) atoms. The molecule has 168 valence electrons. The zero-order valence-electron chi connectivity index (χ0n) is 17.5. The quantitative estimate of drug-likeness (QED) is 0.159. The number of rotatable bonds is 7. The van der Waals surface area contributed by atoms with Crippen LogP contribution in [0.5, 0.6) is 11.5 Å². The summed E-state index contributed by atoms with van der Waals surface area (Å²) < 4.78 is 19.0. The highest BCUT2D eigenvalue weighted by molar-refractivity contribution is 14.1. The van der Waals surface area contributed by atoms with E-state index in [1.165, 1.54) is 0 Å². The van der Waals surface area contributed by atoms with E-state index in [1.54, 1.807) is 6.08 Å². The lowest BCUT2D eigenvalue weighted by Gasteiger charge is -2.15. The predicted molar refractivity (Wildman–Crippen MR) is 141 cm³/mol. The number of nitrogens with zero attached hydrogens (tertiary/aromatic N) is 1. The van der Waals surface area contributed by atoms with E-state index >= 15 is 0 Å². The maximum atomic E-state index is 12.4. The van der Waals surface area contributed by atoms with Gasteiger partial charge < -0.3 is 14.2 Å². The van der Waals surface area contributed by atoms with E-state index in [-0.39, 0.29) is 11.6 Å². The van der Waals surface area contributed by atoms with Crippen LogP contribution in [0.1, 0.15) is 23.6 Å². The fourth-order valence-corrected chi connectivity index (χ4v) is 4.56. The average Bonchev–Trinajstić information content (AvgIpc) is 3.14. The number of hydrogen-bond donors (Lipinski definition) is 0. The van der Waals surface area contributed by atoms with E-state index in [0.717, 1.165) is 24.7 Å². The number of carbonyl (C=O) groups excluding carboxylic acids is 1. The van der Waals surface area contributed by atoms with Gasteiger partial charge in [-0.2, -0.15) is 0 Å². The third kappa shape index (κ3) is 5.96. The van der Waals surface area contributed by atoms with Crippen LogP contribution in [0.15, 0.2) is 75.8 Å². The number of aliphatic imine (C=N–C) groups is 1. The second kappa shape index (κ2) is 10.7. The molecule has 0 radical (unpaired) electrons. The molecule has 0 aromatic heterocycles. The normalized spacial score (nSPS) is 14.2. The lowest BCUT2D eigenvalue weighted by molar-refractivity contribution is -0.129. The summed E-state index contributed by atoms with van der Waals surface area (Å²) in [5, 5.41) is 0.657. The first-order chi connectivity index (χ1) is 15.9. The summed E-state index contributed by atoms with van der Waals surface area (Å²) in [7, 11) is 0. The predicted octanol–water partition coefficient (Wildman–Crippen LogP) is 7.03. The largest absolute Gasteiger partial charge is 0.490 e. The Morgan fingerprint density at radius 1 is 1.12 bits per heavy atom. The third-order valence-corrected chi connectivity index (χ3v) is 6.13. The van der Waals surface area contributed by atoms with Gasteiger partial charge in [-0.05, 0) is 89.2 Å². The van der Waals surface area contributed by atoms with Crippen molar-refractivity contribution in [2.75, 3.05) is 6.61 Å². The molecule has 0 atom stereocenters. The highest BCUT2D eigenvalue weighted by atomic mass is 127. The molecule has 4 rings (SSSR count). The Morgan fingerprint density at radius 2 is 1.94 bits per heavy atom. The van der Waals surface area contributed by atoms with Crippen molar-refractivity contribution in [1.29, 1.82) is 0 Å². The second-order valence-corrected chi connectivity index (χ2v) is 9.54. The van der Waals surface area contributed by atoms with Crippen LogP contribution in [-0.4, -0.2) is 18.5 Å². The van der Waals surface area contributed by atoms with Crippen molar-refractivity contribution in [3.05, 3.63) is 96.1 Å². The third-order valence-electron chi connectivity index (χ3n) is 4.60. The van der Waals surface area contributed by atoms with Crippen LogP contribution in [0.4, 0.5) is 0 Å². The summed E-state index contributed by atoms with van der Waals surface area (Å²) in [6.45, 7) is 2.72. The molecule has 0 spiro atoms. The van der Waals surface area contributed by atoms with Gasteiger partial charge in [0.1, 0.15) is 6.61 Å². The average molecular weight is 639 g/mol. The number of ether oxygens (including phenoxy) is 3. The molecule has 3 aromatic carbocycles. The smallest absolute Gasteiger partial charge is 0.363 e. The van der Waals surface area contributed by atoms with Crippen LogP contribution < -0.4 is 9.47 Å². The standard InChI is InChI=1S/C25H18BrClINO4/c1-2-31-22-12-16(10-20(28)23(22)32-14-15-5-3-8-19(27)9-15)11-21-25(30)33-24(29-21)17-6-4-7-18(26)13-17/h3-13H,2,14H2,1H3/b21-11-. The highest BCUT2D eigenvalue weighted by Crippen LogP contribution is 2.36. The van der Waals surface area contributed by atoms with Gasteiger partial charge in [0.25, 0.3) is 0 Å². The van der Waals surface area contributed by atoms with Crippen LogP contribution in [0.2, 0.25) is 5.02 Å². The molecule has 0 bridgehead atoms. The molecular formula is C25H18BrClINO4. The van der Waals surface area contributed by atoms with Gasteiger partial charge in [-0.1, -0.05) is 45.7 Å². The van der Waals surface area contributed by atoms with Gasteiger partial charge in [0.15, 0.2) is 17.2 Å². The molecular weight excluding hydrogens is 621 g/mol. The topological polar surface area (TPSA) is 57.1 Å². The Labute approximate surface area is 218 Å².